The number of Topliss-reactive ketones (excluding diaryl/α,β-unsaturated/α-hetero) is 1. The van der Waals surface area contributed by atoms with Crippen molar-refractivity contribution >= 4 is 5.78 Å². The van der Waals surface area contributed by atoms with E-state index < -0.39 is 6.10 Å². The van der Waals surface area contributed by atoms with Gasteiger partial charge in [-0.2, -0.15) is 0 Å². The fraction of sp³-hybridized carbons (Fsp3) is 0.533. The molecule has 1 aromatic carbocycles. The smallest absolute Gasteiger partial charge is 0.163 e. The average molecular weight is 264 g/mol. The summed E-state index contributed by atoms with van der Waals surface area (Å²) in [6, 6.07) is 9.24. The van der Waals surface area contributed by atoms with Crippen molar-refractivity contribution in [1.82, 2.24) is 10.2 Å². The first kappa shape index (κ1) is 15.8. The maximum Gasteiger partial charge on any atom is 0.163 e. The molecular formula is C15H24N2O2. The highest BCUT2D eigenvalue weighted by atomic mass is 16.3. The minimum atomic E-state index is -0.594. The maximum atomic E-state index is 11.9. The van der Waals surface area contributed by atoms with E-state index in [1.807, 2.05) is 56.1 Å². The van der Waals surface area contributed by atoms with E-state index in [0.717, 1.165) is 5.56 Å². The predicted octanol–water partition coefficient (Wildman–Crippen LogP) is 1.22. The van der Waals surface area contributed by atoms with E-state index in [1.165, 1.54) is 0 Å². The molecule has 0 radical (unpaired) electrons. The Labute approximate surface area is 115 Å². The number of nitrogens with zero attached hydrogens (tertiary/aromatic N) is 1. The third-order valence-corrected chi connectivity index (χ3v) is 3.61. The molecule has 2 N–H and O–H groups in total. The Kier molecular flexibility index (Phi) is 6.15. The monoisotopic (exact) mass is 264 g/mol. The zero-order valence-corrected chi connectivity index (χ0v) is 12.1. The summed E-state index contributed by atoms with van der Waals surface area (Å²) in [6.07, 6.45) is -0.594. The van der Waals surface area contributed by atoms with Gasteiger partial charge in [0, 0.05) is 6.04 Å². The van der Waals surface area contributed by atoms with E-state index in [2.05, 4.69) is 5.32 Å². The third-order valence-electron chi connectivity index (χ3n) is 3.61. The summed E-state index contributed by atoms with van der Waals surface area (Å²) in [5, 5.41) is 13.2. The summed E-state index contributed by atoms with van der Waals surface area (Å²) in [7, 11) is 3.63. The molecule has 4 nitrogen and oxygen atoms in total. The number of hydrogen-bond acceptors (Lipinski definition) is 4. The van der Waals surface area contributed by atoms with Crippen LogP contribution in [-0.2, 0) is 4.79 Å². The second-order valence-corrected chi connectivity index (χ2v) is 4.99. The molecule has 0 aliphatic carbocycles. The van der Waals surface area contributed by atoms with E-state index in [9.17, 15) is 9.90 Å². The lowest BCUT2D eigenvalue weighted by Crippen LogP contribution is -2.43. The minimum absolute atomic E-state index is 0.115. The van der Waals surface area contributed by atoms with Crippen molar-refractivity contribution in [2.24, 2.45) is 0 Å². The largest absolute Gasteiger partial charge is 0.387 e. The standard InChI is InChI=1S/C15H24N2O2/c1-11(16-3)14(18)10-17(4)12(2)15(19)13-8-6-5-7-9-13/h5-9,11-12,15-16,19H,10H2,1-4H3/t11-,12?,15?/m0/s1. The van der Waals surface area contributed by atoms with Crippen LogP contribution in [-0.4, -0.2) is 48.5 Å². The van der Waals surface area contributed by atoms with Crippen molar-refractivity contribution in [3.63, 3.8) is 0 Å². The SMILES string of the molecule is CN[C@@H](C)C(=O)CN(C)C(C)C(O)c1ccccc1. The lowest BCUT2D eigenvalue weighted by Gasteiger charge is -2.29. The van der Waals surface area contributed by atoms with Gasteiger partial charge in [-0.3, -0.25) is 9.69 Å². The van der Waals surface area contributed by atoms with Crippen molar-refractivity contribution in [1.29, 1.82) is 0 Å². The number of hydrogen-bond donors (Lipinski definition) is 2. The molecule has 0 bridgehead atoms. The first-order valence-electron chi connectivity index (χ1n) is 6.60. The van der Waals surface area contributed by atoms with Crippen molar-refractivity contribution in [3.05, 3.63) is 35.9 Å². The molecule has 3 atom stereocenters. The quantitative estimate of drug-likeness (QED) is 0.777. The number of aliphatic hydroxyl groups excluding tert-OH is 1. The molecule has 2 unspecified atom stereocenters. The van der Waals surface area contributed by atoms with Gasteiger partial charge in [0.1, 0.15) is 0 Å². The maximum absolute atomic E-state index is 11.9. The third kappa shape index (κ3) is 4.42. The van der Waals surface area contributed by atoms with Gasteiger partial charge in [0.25, 0.3) is 0 Å². The minimum Gasteiger partial charge on any atom is -0.387 e. The van der Waals surface area contributed by atoms with E-state index >= 15 is 0 Å². The second-order valence-electron chi connectivity index (χ2n) is 4.99. The number of aliphatic hydroxyl groups is 1. The summed E-state index contributed by atoms with van der Waals surface area (Å²) in [5.41, 5.74) is 0.871. The van der Waals surface area contributed by atoms with Gasteiger partial charge in [0.05, 0.1) is 18.7 Å². The molecule has 0 saturated carbocycles. The Bertz CT molecular complexity index is 394. The lowest BCUT2D eigenvalue weighted by atomic mass is 10.0. The van der Waals surface area contributed by atoms with Crippen LogP contribution < -0.4 is 5.32 Å². The molecule has 106 valence electrons. The highest BCUT2D eigenvalue weighted by molar-refractivity contribution is 5.85. The van der Waals surface area contributed by atoms with E-state index in [4.69, 9.17) is 0 Å². The number of carbonyl (C=O) groups excluding carboxylic acids is 1. The van der Waals surface area contributed by atoms with Crippen molar-refractivity contribution in [2.45, 2.75) is 32.0 Å². The number of benzene rings is 1. The van der Waals surface area contributed by atoms with E-state index in [1.54, 1.807) is 7.05 Å². The summed E-state index contributed by atoms with van der Waals surface area (Å²) < 4.78 is 0. The van der Waals surface area contributed by atoms with Gasteiger partial charge in [-0.15, -0.1) is 0 Å². The average Bonchev–Trinajstić information content (AvgIpc) is 2.45. The Morgan fingerprint density at radius 3 is 2.42 bits per heavy atom. The Morgan fingerprint density at radius 1 is 1.32 bits per heavy atom. The van der Waals surface area contributed by atoms with Crippen LogP contribution >= 0.6 is 0 Å². The molecule has 1 aromatic rings. The molecule has 0 fully saturated rings. The highest BCUT2D eigenvalue weighted by Gasteiger charge is 2.23. The molecule has 0 aliphatic rings. The summed E-state index contributed by atoms with van der Waals surface area (Å²) in [4.78, 5) is 13.7. The van der Waals surface area contributed by atoms with Gasteiger partial charge < -0.3 is 10.4 Å². The molecule has 0 amide bonds. The summed E-state index contributed by atoms with van der Waals surface area (Å²) >= 11 is 0. The van der Waals surface area contributed by atoms with Crippen LogP contribution in [0.5, 0.6) is 0 Å². The van der Waals surface area contributed by atoms with Gasteiger partial charge in [-0.05, 0) is 33.5 Å². The predicted molar refractivity (Wildman–Crippen MR) is 77.0 cm³/mol. The highest BCUT2D eigenvalue weighted by Crippen LogP contribution is 2.19. The van der Waals surface area contributed by atoms with Gasteiger partial charge in [0.2, 0.25) is 0 Å². The van der Waals surface area contributed by atoms with Crippen LogP contribution in [0.1, 0.15) is 25.5 Å². The molecule has 4 heteroatoms. The number of nitrogens with one attached hydrogen (secondary N) is 1. The first-order valence-corrected chi connectivity index (χ1v) is 6.60. The summed E-state index contributed by atoms with van der Waals surface area (Å²) in [5.74, 6) is 0.122. The molecule has 0 aliphatic heterocycles. The molecule has 0 spiro atoms. The van der Waals surface area contributed by atoms with Crippen molar-refractivity contribution in [3.8, 4) is 0 Å². The van der Waals surface area contributed by atoms with Crippen LogP contribution in [0.25, 0.3) is 0 Å². The van der Waals surface area contributed by atoms with Crippen LogP contribution in [0.3, 0.4) is 0 Å². The Morgan fingerprint density at radius 2 is 1.89 bits per heavy atom. The fourth-order valence-electron chi connectivity index (χ4n) is 1.86. The number of ketones is 1. The normalized spacial score (nSPS) is 16.1. The molecular weight excluding hydrogens is 240 g/mol. The van der Waals surface area contributed by atoms with Gasteiger partial charge in [-0.1, -0.05) is 30.3 Å². The van der Waals surface area contributed by atoms with E-state index in [0.29, 0.717) is 6.54 Å². The van der Waals surface area contributed by atoms with Crippen LogP contribution in [0.15, 0.2) is 30.3 Å². The van der Waals surface area contributed by atoms with Crippen LogP contribution in [0, 0.1) is 0 Å². The number of carbonyl (C=O) groups is 1. The second kappa shape index (κ2) is 7.38. The lowest BCUT2D eigenvalue weighted by molar-refractivity contribution is -0.122. The number of rotatable bonds is 7. The molecule has 0 saturated heterocycles. The van der Waals surface area contributed by atoms with E-state index in [-0.39, 0.29) is 17.9 Å². The number of likely N-dealkylation sites (N-methyl/N-ethyl adjacent to an activating group) is 2. The van der Waals surface area contributed by atoms with Crippen LogP contribution in [0.2, 0.25) is 0 Å². The van der Waals surface area contributed by atoms with Crippen molar-refractivity contribution in [2.75, 3.05) is 20.6 Å². The van der Waals surface area contributed by atoms with Gasteiger partial charge >= 0.3 is 0 Å². The topological polar surface area (TPSA) is 52.6 Å². The zero-order chi connectivity index (χ0) is 14.4. The molecule has 0 aromatic heterocycles. The zero-order valence-electron chi connectivity index (χ0n) is 12.1. The molecule has 0 heterocycles. The Balaban J connectivity index is 2.62. The first-order chi connectivity index (χ1) is 8.97. The molecule has 1 rings (SSSR count). The summed E-state index contributed by atoms with van der Waals surface area (Å²) in [6.45, 7) is 4.09. The van der Waals surface area contributed by atoms with Gasteiger partial charge in [-0.25, -0.2) is 0 Å². The Hall–Kier alpha value is -1.23. The van der Waals surface area contributed by atoms with Gasteiger partial charge in [0.15, 0.2) is 5.78 Å². The fourth-order valence-corrected chi connectivity index (χ4v) is 1.86. The molecule has 19 heavy (non-hydrogen) atoms. The van der Waals surface area contributed by atoms with Crippen LogP contribution in [0.4, 0.5) is 0 Å². The van der Waals surface area contributed by atoms with Crippen molar-refractivity contribution < 1.29 is 9.90 Å².